The summed E-state index contributed by atoms with van der Waals surface area (Å²) >= 11 is 0. The number of nitrogens with zero attached hydrogens (tertiary/aromatic N) is 1. The Kier molecular flexibility index (Phi) is 9.01. The number of sulfone groups is 1. The molecule has 0 radical (unpaired) electrons. The van der Waals surface area contributed by atoms with Crippen LogP contribution >= 0.6 is 0 Å². The van der Waals surface area contributed by atoms with E-state index in [0.29, 0.717) is 0 Å². The van der Waals surface area contributed by atoms with Crippen LogP contribution < -0.4 is 15.0 Å². The molecule has 1 heterocycles. The molecule has 1 amide bonds. The molecule has 204 valence electrons. The van der Waals surface area contributed by atoms with Crippen molar-refractivity contribution >= 4 is 25.8 Å². The van der Waals surface area contributed by atoms with Gasteiger partial charge in [0.05, 0.1) is 35.5 Å². The molecule has 11 nitrogen and oxygen atoms in total. The Hall–Kier alpha value is -2.92. The summed E-state index contributed by atoms with van der Waals surface area (Å²) in [6, 6.07) is 9.40. The zero-order chi connectivity index (χ0) is 27.3. The van der Waals surface area contributed by atoms with E-state index in [0.717, 1.165) is 28.6 Å². The van der Waals surface area contributed by atoms with Crippen molar-refractivity contribution in [2.45, 2.75) is 11.3 Å². The number of halogens is 3. The zero-order valence-corrected chi connectivity index (χ0v) is 20.7. The van der Waals surface area contributed by atoms with E-state index in [-0.39, 0.29) is 42.7 Å². The number of hydrogen-bond acceptors (Lipinski definition) is 9. The SMILES string of the molecule is O=C(NO)C(CS(=O)(=O)c1ccc(Oc2ccc(OC(F)(F)F)cc2)cc1)CS(=O)(=O)N1CCOCC1. The number of benzene rings is 2. The van der Waals surface area contributed by atoms with Crippen LogP contribution in [0.1, 0.15) is 0 Å². The quantitative estimate of drug-likeness (QED) is 0.324. The van der Waals surface area contributed by atoms with Crippen molar-refractivity contribution in [1.29, 1.82) is 0 Å². The number of rotatable bonds is 10. The lowest BCUT2D eigenvalue weighted by molar-refractivity contribution is -0.274. The smallest absolute Gasteiger partial charge is 0.457 e. The molecule has 1 fully saturated rings. The number of carbonyl (C=O) groups excluding carboxylic acids is 1. The summed E-state index contributed by atoms with van der Waals surface area (Å²) < 4.78 is 103. The third-order valence-corrected chi connectivity index (χ3v) is 8.96. The van der Waals surface area contributed by atoms with Crippen molar-refractivity contribution in [2.75, 3.05) is 37.8 Å². The van der Waals surface area contributed by atoms with Gasteiger partial charge in [-0.3, -0.25) is 10.0 Å². The fourth-order valence-electron chi connectivity index (χ4n) is 3.40. The van der Waals surface area contributed by atoms with Crippen LogP contribution in [0.3, 0.4) is 0 Å². The third-order valence-electron chi connectivity index (χ3n) is 5.15. The lowest BCUT2D eigenvalue weighted by Gasteiger charge is -2.27. The van der Waals surface area contributed by atoms with Crippen LogP contribution in [0.4, 0.5) is 13.2 Å². The number of alkyl halides is 3. The normalized spacial score (nSPS) is 16.1. The summed E-state index contributed by atoms with van der Waals surface area (Å²) in [6.45, 7) is 0.437. The van der Waals surface area contributed by atoms with Crippen molar-refractivity contribution in [1.82, 2.24) is 9.79 Å². The Morgan fingerprint density at radius 2 is 1.46 bits per heavy atom. The summed E-state index contributed by atoms with van der Waals surface area (Å²) in [6.07, 6.45) is -4.84. The number of hydrogen-bond donors (Lipinski definition) is 2. The molecule has 0 aromatic heterocycles. The first kappa shape index (κ1) is 28.6. The first-order chi connectivity index (χ1) is 17.3. The number of carbonyl (C=O) groups is 1. The average molecular weight is 569 g/mol. The van der Waals surface area contributed by atoms with Crippen LogP contribution in [0.5, 0.6) is 17.2 Å². The maximum absolute atomic E-state index is 12.9. The van der Waals surface area contributed by atoms with Gasteiger partial charge in [0.25, 0.3) is 0 Å². The van der Waals surface area contributed by atoms with Gasteiger partial charge in [-0.2, -0.15) is 4.31 Å². The first-order valence-electron chi connectivity index (χ1n) is 10.6. The number of morpholine rings is 1. The highest BCUT2D eigenvalue weighted by atomic mass is 32.2. The van der Waals surface area contributed by atoms with Gasteiger partial charge in [0, 0.05) is 13.1 Å². The van der Waals surface area contributed by atoms with E-state index in [1.165, 1.54) is 29.7 Å². The predicted octanol–water partition coefficient (Wildman–Crippen LogP) is 1.93. The van der Waals surface area contributed by atoms with Crippen LogP contribution in [-0.2, 0) is 29.4 Å². The summed E-state index contributed by atoms with van der Waals surface area (Å²) in [4.78, 5) is 11.9. The van der Waals surface area contributed by atoms with Gasteiger partial charge in [-0.05, 0) is 48.5 Å². The third kappa shape index (κ3) is 8.29. The van der Waals surface area contributed by atoms with Crippen LogP contribution in [0.15, 0.2) is 53.4 Å². The molecule has 0 spiro atoms. The van der Waals surface area contributed by atoms with E-state index in [9.17, 15) is 34.8 Å². The molecule has 37 heavy (non-hydrogen) atoms. The molecule has 1 aliphatic heterocycles. The number of sulfonamides is 1. The Balaban J connectivity index is 1.69. The second kappa shape index (κ2) is 11.6. The first-order valence-corrected chi connectivity index (χ1v) is 13.9. The molecule has 0 saturated carbocycles. The lowest BCUT2D eigenvalue weighted by atomic mass is 10.2. The van der Waals surface area contributed by atoms with Crippen LogP contribution in [0.25, 0.3) is 0 Å². The van der Waals surface area contributed by atoms with Gasteiger partial charge >= 0.3 is 6.36 Å². The summed E-state index contributed by atoms with van der Waals surface area (Å²) in [5.74, 6) is -4.65. The fourth-order valence-corrected chi connectivity index (χ4v) is 6.78. The van der Waals surface area contributed by atoms with Crippen molar-refractivity contribution in [2.24, 2.45) is 5.92 Å². The van der Waals surface area contributed by atoms with E-state index in [1.54, 1.807) is 0 Å². The van der Waals surface area contributed by atoms with E-state index < -0.39 is 55.3 Å². The molecule has 2 N–H and O–H groups in total. The zero-order valence-electron chi connectivity index (χ0n) is 19.0. The standard InChI is InChI=1S/C21H23F3N2O9S2/c22-21(23,24)35-18-3-1-16(2-4-18)34-17-5-7-19(8-6-17)36(29,30)13-15(20(27)25-28)14-37(31,32)26-9-11-33-12-10-26/h1-8,15,28H,9-14H2,(H,25,27). The molecular formula is C21H23F3N2O9S2. The minimum Gasteiger partial charge on any atom is -0.457 e. The second-order valence-corrected chi connectivity index (χ2v) is 11.9. The second-order valence-electron chi connectivity index (χ2n) is 7.84. The maximum atomic E-state index is 12.9. The van der Waals surface area contributed by atoms with Crippen LogP contribution in [0, 0.1) is 5.92 Å². The summed E-state index contributed by atoms with van der Waals surface area (Å²) in [7, 11) is -8.21. The van der Waals surface area contributed by atoms with E-state index in [4.69, 9.17) is 14.7 Å². The Morgan fingerprint density at radius 1 is 0.946 bits per heavy atom. The predicted molar refractivity (Wildman–Crippen MR) is 121 cm³/mol. The molecule has 0 aliphatic carbocycles. The molecule has 2 aromatic rings. The number of amides is 1. The highest BCUT2D eigenvalue weighted by Crippen LogP contribution is 2.28. The Morgan fingerprint density at radius 3 is 1.97 bits per heavy atom. The minimum absolute atomic E-state index is 0.0576. The summed E-state index contributed by atoms with van der Waals surface area (Å²) in [5, 5.41) is 9.03. The van der Waals surface area contributed by atoms with Crippen molar-refractivity contribution in [3.8, 4) is 17.2 Å². The molecule has 1 aliphatic rings. The highest BCUT2D eigenvalue weighted by Gasteiger charge is 2.35. The van der Waals surface area contributed by atoms with Crippen molar-refractivity contribution < 1.29 is 54.2 Å². The van der Waals surface area contributed by atoms with Crippen LogP contribution in [0.2, 0.25) is 0 Å². The fraction of sp³-hybridized carbons (Fsp3) is 0.381. The lowest BCUT2D eigenvalue weighted by Crippen LogP contribution is -2.46. The average Bonchev–Trinajstić information content (AvgIpc) is 2.84. The van der Waals surface area contributed by atoms with Gasteiger partial charge < -0.3 is 14.2 Å². The summed E-state index contributed by atoms with van der Waals surface area (Å²) in [5.41, 5.74) is 1.32. The van der Waals surface area contributed by atoms with E-state index >= 15 is 0 Å². The maximum Gasteiger partial charge on any atom is 0.573 e. The minimum atomic E-state index is -4.84. The van der Waals surface area contributed by atoms with Gasteiger partial charge in [-0.25, -0.2) is 22.3 Å². The Bertz CT molecular complexity index is 1280. The molecule has 0 bridgehead atoms. The van der Waals surface area contributed by atoms with Gasteiger partial charge in [0.15, 0.2) is 9.84 Å². The number of nitrogens with one attached hydrogen (secondary N) is 1. The molecule has 1 unspecified atom stereocenters. The highest BCUT2D eigenvalue weighted by molar-refractivity contribution is 7.91. The topological polar surface area (TPSA) is 149 Å². The van der Waals surface area contributed by atoms with Gasteiger partial charge in [0.1, 0.15) is 17.2 Å². The van der Waals surface area contributed by atoms with Crippen molar-refractivity contribution in [3.63, 3.8) is 0 Å². The number of ether oxygens (including phenoxy) is 3. The molecule has 1 atom stereocenters. The Labute approximate surface area is 210 Å². The molecular weight excluding hydrogens is 545 g/mol. The van der Waals surface area contributed by atoms with Gasteiger partial charge in [-0.15, -0.1) is 13.2 Å². The van der Waals surface area contributed by atoms with Crippen molar-refractivity contribution in [3.05, 3.63) is 48.5 Å². The van der Waals surface area contributed by atoms with E-state index in [2.05, 4.69) is 4.74 Å². The molecule has 3 rings (SSSR count). The molecule has 2 aromatic carbocycles. The van der Waals surface area contributed by atoms with Gasteiger partial charge in [0.2, 0.25) is 15.9 Å². The van der Waals surface area contributed by atoms with Crippen LogP contribution in [-0.4, -0.2) is 76.4 Å². The van der Waals surface area contributed by atoms with Gasteiger partial charge in [-0.1, -0.05) is 0 Å². The molecule has 16 heteroatoms. The number of hydroxylamine groups is 1. The monoisotopic (exact) mass is 568 g/mol. The largest absolute Gasteiger partial charge is 0.573 e. The molecule has 1 saturated heterocycles. The van der Waals surface area contributed by atoms with E-state index in [1.807, 2.05) is 0 Å².